The lowest BCUT2D eigenvalue weighted by molar-refractivity contribution is -0.139. The Morgan fingerprint density at radius 1 is 1.09 bits per heavy atom. The van der Waals surface area contributed by atoms with Crippen LogP contribution >= 0.6 is 0 Å². The highest BCUT2D eigenvalue weighted by Crippen LogP contribution is 2.32. The van der Waals surface area contributed by atoms with Crippen molar-refractivity contribution in [3.63, 3.8) is 0 Å². The summed E-state index contributed by atoms with van der Waals surface area (Å²) in [6.45, 7) is 1.28. The van der Waals surface area contributed by atoms with Crippen LogP contribution in [-0.2, 0) is 20.9 Å². The molecule has 0 radical (unpaired) electrons. The third kappa shape index (κ3) is 4.98. The average Bonchev–Trinajstić information content (AvgIpc) is 3.39. The van der Waals surface area contributed by atoms with E-state index < -0.39 is 5.92 Å². The maximum atomic E-state index is 13.8. The third-order valence-corrected chi connectivity index (χ3v) is 6.88. The van der Waals surface area contributed by atoms with Gasteiger partial charge in [-0.2, -0.15) is 0 Å². The lowest BCUT2D eigenvalue weighted by Crippen LogP contribution is -2.59. The normalized spacial score (nSPS) is 23.7. The van der Waals surface area contributed by atoms with Crippen LogP contribution in [0.1, 0.15) is 41.6 Å². The molecule has 0 saturated carbocycles. The van der Waals surface area contributed by atoms with Gasteiger partial charge in [0.05, 0.1) is 23.6 Å². The van der Waals surface area contributed by atoms with E-state index in [4.69, 9.17) is 4.74 Å². The number of anilines is 1. The molecule has 7 nitrogen and oxygen atoms in total. The molecule has 0 aromatic heterocycles. The Morgan fingerprint density at radius 3 is 2.66 bits per heavy atom. The van der Waals surface area contributed by atoms with Crippen LogP contribution in [0.25, 0.3) is 0 Å². The van der Waals surface area contributed by atoms with Gasteiger partial charge in [-0.25, -0.2) is 9.40 Å². The highest BCUT2D eigenvalue weighted by molar-refractivity contribution is 6.05. The Morgan fingerprint density at radius 2 is 1.89 bits per heavy atom. The summed E-state index contributed by atoms with van der Waals surface area (Å²) >= 11 is 0. The number of nitrogens with one attached hydrogen (secondary N) is 1. The second-order valence-corrected chi connectivity index (χ2v) is 9.31. The smallest absolute Gasteiger partial charge is 0.254 e. The first-order valence-corrected chi connectivity index (χ1v) is 12.0. The van der Waals surface area contributed by atoms with Gasteiger partial charge in [0.25, 0.3) is 5.91 Å². The molecule has 0 bridgehead atoms. The molecule has 1 aliphatic carbocycles. The summed E-state index contributed by atoms with van der Waals surface area (Å²) in [6, 6.07) is 12.9. The maximum Gasteiger partial charge on any atom is 0.254 e. The molecule has 182 valence electrons. The number of amides is 3. The topological polar surface area (TPSA) is 79.0 Å². The molecule has 2 aromatic carbocycles. The number of rotatable bonds is 6. The van der Waals surface area contributed by atoms with Gasteiger partial charge in [-0.05, 0) is 61.6 Å². The number of fused-ring (bicyclic) bond motifs is 1. The van der Waals surface area contributed by atoms with Gasteiger partial charge in [0.1, 0.15) is 5.82 Å². The van der Waals surface area contributed by atoms with Crippen molar-refractivity contribution in [2.24, 2.45) is 11.8 Å². The summed E-state index contributed by atoms with van der Waals surface area (Å²) in [5.41, 5.74) is 4.20. The zero-order valence-electron chi connectivity index (χ0n) is 19.4. The Balaban J connectivity index is 1.39. The second kappa shape index (κ2) is 10.00. The Labute approximate surface area is 203 Å². The van der Waals surface area contributed by atoms with Crippen molar-refractivity contribution in [2.75, 3.05) is 18.2 Å². The first-order valence-electron chi connectivity index (χ1n) is 12.0. The molecule has 2 saturated heterocycles. The summed E-state index contributed by atoms with van der Waals surface area (Å²) in [5.74, 6) is -1.75. The highest BCUT2D eigenvalue weighted by atomic mass is 19.1. The fourth-order valence-corrected chi connectivity index (χ4v) is 5.05. The highest BCUT2D eigenvalue weighted by Gasteiger charge is 2.42. The number of ether oxygens (including phenoxy) is 1. The van der Waals surface area contributed by atoms with Gasteiger partial charge in [-0.15, -0.1) is 0 Å². The molecular formula is C27H28FN3O4. The number of carbonyl (C=O) groups is 3. The quantitative estimate of drug-likeness (QED) is 0.645. The summed E-state index contributed by atoms with van der Waals surface area (Å²) < 4.78 is 19.5. The van der Waals surface area contributed by atoms with Crippen LogP contribution in [0.5, 0.6) is 0 Å². The molecule has 2 heterocycles. The number of hydrogen-bond donors (Lipinski definition) is 1. The van der Waals surface area contributed by atoms with E-state index >= 15 is 0 Å². The van der Waals surface area contributed by atoms with Crippen molar-refractivity contribution in [1.29, 1.82) is 0 Å². The van der Waals surface area contributed by atoms with Crippen molar-refractivity contribution in [1.82, 2.24) is 10.3 Å². The number of benzene rings is 2. The minimum atomic E-state index is -0.405. The molecule has 3 atom stereocenters. The number of carbonyl (C=O) groups excluding carboxylic acids is 3. The molecular weight excluding hydrogens is 449 g/mol. The second-order valence-electron chi connectivity index (χ2n) is 9.31. The molecule has 2 aliphatic heterocycles. The molecule has 8 heteroatoms. The predicted molar refractivity (Wildman–Crippen MR) is 128 cm³/mol. The average molecular weight is 478 g/mol. The molecule has 5 rings (SSSR count). The van der Waals surface area contributed by atoms with E-state index in [1.54, 1.807) is 41.3 Å². The van der Waals surface area contributed by atoms with Crippen molar-refractivity contribution >= 4 is 23.4 Å². The molecule has 35 heavy (non-hydrogen) atoms. The van der Waals surface area contributed by atoms with Gasteiger partial charge in [-0.1, -0.05) is 30.4 Å². The molecule has 3 aliphatic rings. The molecule has 3 unspecified atom stereocenters. The zero-order chi connectivity index (χ0) is 24.4. The van der Waals surface area contributed by atoms with E-state index in [1.807, 2.05) is 12.2 Å². The number of hydrogen-bond acceptors (Lipinski definition) is 4. The van der Waals surface area contributed by atoms with Crippen molar-refractivity contribution in [3.05, 3.63) is 77.6 Å². The van der Waals surface area contributed by atoms with Gasteiger partial charge in [0.15, 0.2) is 0 Å². The summed E-state index contributed by atoms with van der Waals surface area (Å²) in [4.78, 5) is 41.1. The fraction of sp³-hybridized carbons (Fsp3) is 0.370. The molecule has 0 spiro atoms. The monoisotopic (exact) mass is 477 g/mol. The van der Waals surface area contributed by atoms with Crippen LogP contribution in [0, 0.1) is 17.7 Å². The van der Waals surface area contributed by atoms with Crippen LogP contribution in [0.15, 0.2) is 60.7 Å². The lowest BCUT2D eigenvalue weighted by Gasteiger charge is -2.38. The molecule has 2 aromatic rings. The van der Waals surface area contributed by atoms with Gasteiger partial charge >= 0.3 is 0 Å². The van der Waals surface area contributed by atoms with Crippen molar-refractivity contribution in [3.8, 4) is 0 Å². The first-order chi connectivity index (χ1) is 17.0. The van der Waals surface area contributed by atoms with Crippen molar-refractivity contribution in [2.45, 2.75) is 38.3 Å². The minimum absolute atomic E-state index is 0.0741. The number of nitrogens with zero attached hydrogens (tertiary/aromatic N) is 2. The lowest BCUT2D eigenvalue weighted by atomic mass is 9.80. The van der Waals surface area contributed by atoms with Crippen LogP contribution in [0.4, 0.5) is 10.1 Å². The Hall–Kier alpha value is -3.52. The van der Waals surface area contributed by atoms with Crippen LogP contribution in [0.2, 0.25) is 0 Å². The summed E-state index contributed by atoms with van der Waals surface area (Å²) in [6.07, 6.45) is 6.67. The van der Waals surface area contributed by atoms with E-state index in [9.17, 15) is 18.8 Å². The molecule has 1 N–H and O–H groups in total. The van der Waals surface area contributed by atoms with E-state index in [1.165, 1.54) is 17.1 Å². The summed E-state index contributed by atoms with van der Waals surface area (Å²) in [7, 11) is 0. The Kier molecular flexibility index (Phi) is 6.63. The Bertz CT molecular complexity index is 1160. The van der Waals surface area contributed by atoms with Gasteiger partial charge in [0.2, 0.25) is 11.8 Å². The van der Waals surface area contributed by atoms with Crippen LogP contribution < -0.4 is 10.4 Å². The number of hydrazine groups is 1. The molecule has 3 amide bonds. The fourth-order valence-electron chi connectivity index (χ4n) is 5.05. The number of halogens is 1. The van der Waals surface area contributed by atoms with E-state index in [2.05, 4.69) is 5.43 Å². The van der Waals surface area contributed by atoms with E-state index in [0.29, 0.717) is 42.8 Å². The predicted octanol–water partition coefficient (Wildman–Crippen LogP) is 3.61. The summed E-state index contributed by atoms with van der Waals surface area (Å²) in [5, 5.41) is 1.26. The van der Waals surface area contributed by atoms with Crippen molar-refractivity contribution < 1.29 is 23.5 Å². The molecule has 2 fully saturated rings. The van der Waals surface area contributed by atoms with Crippen LogP contribution in [0.3, 0.4) is 0 Å². The zero-order valence-corrected chi connectivity index (χ0v) is 19.4. The van der Waals surface area contributed by atoms with E-state index in [0.717, 1.165) is 12.8 Å². The van der Waals surface area contributed by atoms with Gasteiger partial charge in [-0.3, -0.25) is 19.8 Å². The minimum Gasteiger partial charge on any atom is -0.376 e. The maximum absolute atomic E-state index is 13.8. The standard InChI is InChI=1S/C27H28FN3O4/c28-20-8-3-6-18(14-20)16-30(17-22-10-5-13-35-22)26(33)19-7-4-9-21(15-19)31-27(34)24-12-2-1-11-23(24)25(32)29-31/h1-4,6-9,14-15,22-24H,5,10-13,16-17H2,(H,29,32). The number of allylic oxidation sites excluding steroid dienone is 2. The third-order valence-electron chi connectivity index (χ3n) is 6.88. The first kappa shape index (κ1) is 23.2. The van der Waals surface area contributed by atoms with Crippen LogP contribution in [-0.4, -0.2) is 41.9 Å². The van der Waals surface area contributed by atoms with Gasteiger partial charge in [0, 0.05) is 25.3 Å². The SMILES string of the molecule is O=C1NN(c2cccc(C(=O)N(Cc3cccc(F)c3)CC3CCCO3)c2)C(=O)C2CC=CCC12. The van der Waals surface area contributed by atoms with Gasteiger partial charge < -0.3 is 9.64 Å². The van der Waals surface area contributed by atoms with E-state index in [-0.39, 0.29) is 42.1 Å². The largest absolute Gasteiger partial charge is 0.376 e.